The molecule has 4 aromatic carbocycles. The van der Waals surface area contributed by atoms with Gasteiger partial charge in [-0.3, -0.25) is 9.59 Å². The van der Waals surface area contributed by atoms with Crippen LogP contribution in [0.3, 0.4) is 0 Å². The highest BCUT2D eigenvalue weighted by atomic mass is 32.1. The molecule has 2 atom stereocenters. The number of benzene rings is 4. The van der Waals surface area contributed by atoms with E-state index in [2.05, 4.69) is 10.6 Å². The average Bonchev–Trinajstić information content (AvgIpc) is 3.73. The van der Waals surface area contributed by atoms with Crippen molar-refractivity contribution in [2.45, 2.75) is 57.5 Å². The van der Waals surface area contributed by atoms with Crippen LogP contribution in [0.4, 0.5) is 26.3 Å². The summed E-state index contributed by atoms with van der Waals surface area (Å²) in [5.41, 5.74) is -2.74. The molecule has 1 aliphatic carbocycles. The smallest absolute Gasteiger partial charge is 0.345 e. The van der Waals surface area contributed by atoms with E-state index in [0.29, 0.717) is 0 Å². The molecule has 0 saturated heterocycles. The van der Waals surface area contributed by atoms with Gasteiger partial charge in [0.15, 0.2) is 0 Å². The maximum Gasteiger partial charge on any atom is 0.380 e. The molecule has 7 rings (SSSR count). The van der Waals surface area contributed by atoms with Gasteiger partial charge in [0.1, 0.15) is 0 Å². The molecule has 2 N–H and O–H groups in total. The predicted molar refractivity (Wildman–Crippen MR) is 199 cm³/mol. The van der Waals surface area contributed by atoms with Crippen LogP contribution in [-0.2, 0) is 0 Å². The standard InChI is InChI=1S/C41H32F6N2O2S2/c1-21(27-17-9-13-25-11-5-7-15-29(25)27)48-37(50)33-19-31(23(3)52-33)35-36(40(44,45)41(46,47)39(35,42)43)32-20-34(53-24(32)4)38(51)49-22(2)28-18-10-14-26-12-6-8-16-30(26)28/h5-22H,1-4H3,(H,48,50)(H,49,51)/t21-,22+. The fourth-order valence-electron chi connectivity index (χ4n) is 7.06. The Balaban J connectivity index is 1.24. The van der Waals surface area contributed by atoms with E-state index in [-0.39, 0.29) is 19.5 Å². The Hall–Kier alpha value is -4.94. The van der Waals surface area contributed by atoms with Crippen molar-refractivity contribution in [3.63, 3.8) is 0 Å². The molecule has 2 aromatic heterocycles. The number of alkyl halides is 6. The summed E-state index contributed by atoms with van der Waals surface area (Å²) in [5.74, 6) is -17.8. The molecule has 0 saturated carbocycles. The van der Waals surface area contributed by atoms with Crippen LogP contribution >= 0.6 is 22.7 Å². The number of carbonyl (C=O) groups excluding carboxylic acids is 2. The van der Waals surface area contributed by atoms with E-state index in [4.69, 9.17) is 0 Å². The van der Waals surface area contributed by atoms with Crippen molar-refractivity contribution in [2.75, 3.05) is 0 Å². The topological polar surface area (TPSA) is 58.2 Å². The number of thiophene rings is 2. The third-order valence-corrected chi connectivity index (χ3v) is 11.9. The summed E-state index contributed by atoms with van der Waals surface area (Å²) in [6.07, 6.45) is 0. The van der Waals surface area contributed by atoms with Crippen LogP contribution in [-0.4, -0.2) is 29.6 Å². The Bertz CT molecular complexity index is 2290. The highest BCUT2D eigenvalue weighted by Gasteiger charge is 2.80. The Morgan fingerprint density at radius 1 is 0.566 bits per heavy atom. The van der Waals surface area contributed by atoms with E-state index in [0.717, 1.165) is 67.5 Å². The molecule has 272 valence electrons. The van der Waals surface area contributed by atoms with E-state index < -0.39 is 63.9 Å². The lowest BCUT2D eigenvalue weighted by atomic mass is 9.95. The number of hydrogen-bond acceptors (Lipinski definition) is 4. The van der Waals surface area contributed by atoms with Crippen LogP contribution in [0, 0.1) is 13.8 Å². The lowest BCUT2D eigenvalue weighted by Gasteiger charge is -2.25. The van der Waals surface area contributed by atoms with Gasteiger partial charge in [0.2, 0.25) is 0 Å². The lowest BCUT2D eigenvalue weighted by Crippen LogP contribution is -2.48. The molecule has 0 fully saturated rings. The molecule has 53 heavy (non-hydrogen) atoms. The van der Waals surface area contributed by atoms with Gasteiger partial charge in [-0.1, -0.05) is 84.9 Å². The molecule has 6 aromatic rings. The monoisotopic (exact) mass is 762 g/mol. The van der Waals surface area contributed by atoms with Crippen LogP contribution < -0.4 is 10.6 Å². The molecule has 2 heterocycles. The summed E-state index contributed by atoms with van der Waals surface area (Å²) in [4.78, 5) is 26.6. The van der Waals surface area contributed by atoms with Gasteiger partial charge in [-0.25, -0.2) is 0 Å². The zero-order valence-corrected chi connectivity index (χ0v) is 30.4. The highest BCUT2D eigenvalue weighted by molar-refractivity contribution is 7.14. The van der Waals surface area contributed by atoms with Crippen LogP contribution in [0.15, 0.2) is 97.1 Å². The predicted octanol–water partition coefficient (Wildman–Crippen LogP) is 11.5. The van der Waals surface area contributed by atoms with Crippen molar-refractivity contribution >= 4 is 67.2 Å². The van der Waals surface area contributed by atoms with Gasteiger partial charge in [-0.15, -0.1) is 22.7 Å². The van der Waals surface area contributed by atoms with E-state index >= 15 is 26.3 Å². The molecule has 1 aliphatic rings. The number of hydrogen-bond donors (Lipinski definition) is 2. The van der Waals surface area contributed by atoms with Crippen molar-refractivity contribution in [3.8, 4) is 0 Å². The minimum atomic E-state index is -5.80. The molecule has 0 radical (unpaired) electrons. The molecular formula is C41H32F6N2O2S2. The van der Waals surface area contributed by atoms with Crippen molar-refractivity contribution in [3.05, 3.63) is 139 Å². The van der Waals surface area contributed by atoms with Gasteiger partial charge in [-0.2, -0.15) is 26.3 Å². The molecule has 12 heteroatoms. The molecule has 4 nitrogen and oxygen atoms in total. The fraction of sp³-hybridized carbons (Fsp3) is 0.220. The van der Waals surface area contributed by atoms with Gasteiger partial charge in [0, 0.05) is 20.9 Å². The number of fused-ring (bicyclic) bond motifs is 2. The van der Waals surface area contributed by atoms with Gasteiger partial charge in [-0.05, 0) is 83.6 Å². The Morgan fingerprint density at radius 2 is 0.925 bits per heavy atom. The first-order valence-corrected chi connectivity index (χ1v) is 18.3. The number of rotatable bonds is 8. The summed E-state index contributed by atoms with van der Waals surface area (Å²) in [5, 5.41) is 9.30. The number of carbonyl (C=O) groups is 2. The molecule has 0 unspecified atom stereocenters. The summed E-state index contributed by atoms with van der Waals surface area (Å²) in [6, 6.07) is 27.1. The number of nitrogens with one attached hydrogen (secondary N) is 2. The van der Waals surface area contributed by atoms with Crippen LogP contribution in [0.1, 0.15) is 77.3 Å². The summed E-state index contributed by atoms with van der Waals surface area (Å²) in [6.45, 7) is 6.11. The van der Waals surface area contributed by atoms with Gasteiger partial charge in [0.05, 0.1) is 21.8 Å². The second-order valence-electron chi connectivity index (χ2n) is 13.2. The molecule has 0 bridgehead atoms. The molecule has 0 aliphatic heterocycles. The third-order valence-electron chi connectivity index (χ3n) is 9.76. The van der Waals surface area contributed by atoms with Crippen LogP contribution in [0.2, 0.25) is 0 Å². The first-order chi connectivity index (χ1) is 25.0. The Labute approximate surface area is 309 Å². The van der Waals surface area contributed by atoms with E-state index in [9.17, 15) is 9.59 Å². The van der Waals surface area contributed by atoms with Gasteiger partial charge < -0.3 is 10.6 Å². The van der Waals surface area contributed by atoms with Crippen molar-refractivity contribution < 1.29 is 35.9 Å². The third kappa shape index (κ3) is 5.92. The minimum absolute atomic E-state index is 0.0246. The average molecular weight is 763 g/mol. The fourth-order valence-corrected chi connectivity index (χ4v) is 8.92. The minimum Gasteiger partial charge on any atom is -0.345 e. The molecule has 0 spiro atoms. The lowest BCUT2D eigenvalue weighted by molar-refractivity contribution is -0.254. The van der Waals surface area contributed by atoms with Crippen molar-refractivity contribution in [1.29, 1.82) is 0 Å². The maximum atomic E-state index is 15.8. The zero-order chi connectivity index (χ0) is 38.0. The van der Waals surface area contributed by atoms with Crippen molar-refractivity contribution in [1.82, 2.24) is 10.6 Å². The van der Waals surface area contributed by atoms with E-state index in [1.165, 1.54) is 13.8 Å². The number of amides is 2. The first kappa shape index (κ1) is 36.4. The maximum absolute atomic E-state index is 15.8. The number of halogens is 6. The number of allylic oxidation sites excluding steroid dienone is 2. The normalized spacial score (nSPS) is 17.2. The highest BCUT2D eigenvalue weighted by Crippen LogP contribution is 2.65. The van der Waals surface area contributed by atoms with E-state index in [1.54, 1.807) is 13.8 Å². The SMILES string of the molecule is Cc1sc(C(=O)N[C@@H](C)c2cccc3ccccc23)cc1C1=C(c2cc(C(=O)N[C@H](C)c3cccc4ccccc34)sc2C)C(F)(F)C(F)(F)C1(F)F. The molecule has 2 amide bonds. The molecular weight excluding hydrogens is 731 g/mol. The van der Waals surface area contributed by atoms with Crippen LogP contribution in [0.25, 0.3) is 32.7 Å². The Kier molecular flexibility index (Phi) is 9.05. The van der Waals surface area contributed by atoms with Gasteiger partial charge >= 0.3 is 17.8 Å². The summed E-state index contributed by atoms with van der Waals surface area (Å²) >= 11 is 1.47. The second kappa shape index (κ2) is 13.2. The Morgan fingerprint density at radius 3 is 1.32 bits per heavy atom. The second-order valence-corrected chi connectivity index (χ2v) is 15.7. The first-order valence-electron chi connectivity index (χ1n) is 16.7. The number of aryl methyl sites for hydroxylation is 2. The summed E-state index contributed by atoms with van der Waals surface area (Å²) in [7, 11) is 0. The van der Waals surface area contributed by atoms with Gasteiger partial charge in [0.25, 0.3) is 11.8 Å². The van der Waals surface area contributed by atoms with Crippen LogP contribution in [0.5, 0.6) is 0 Å². The quantitative estimate of drug-likeness (QED) is 0.152. The van der Waals surface area contributed by atoms with Crippen molar-refractivity contribution in [2.24, 2.45) is 0 Å². The largest absolute Gasteiger partial charge is 0.380 e. The summed E-state index contributed by atoms with van der Waals surface area (Å²) < 4.78 is 93.7. The van der Waals surface area contributed by atoms with E-state index in [1.807, 2.05) is 84.9 Å². The zero-order valence-electron chi connectivity index (χ0n) is 28.8.